The second-order valence-electron chi connectivity index (χ2n) is 3.90. The van der Waals surface area contributed by atoms with Gasteiger partial charge in [0.05, 0.1) is 0 Å². The molecule has 0 saturated heterocycles. The summed E-state index contributed by atoms with van der Waals surface area (Å²) in [6, 6.07) is 8.18. The summed E-state index contributed by atoms with van der Waals surface area (Å²) in [7, 11) is 1.68. The number of nitrogens with zero attached hydrogens (tertiary/aromatic N) is 1. The molecule has 5 nitrogen and oxygen atoms in total. The van der Waals surface area contributed by atoms with Gasteiger partial charge in [-0.1, -0.05) is 19.1 Å². The first kappa shape index (κ1) is 14.5. The van der Waals surface area contributed by atoms with Crippen LogP contribution in [0.4, 0.5) is 5.69 Å². The van der Waals surface area contributed by atoms with Crippen LogP contribution >= 0.6 is 0 Å². The Labute approximate surface area is 108 Å². The van der Waals surface area contributed by atoms with E-state index in [1.807, 2.05) is 12.1 Å². The van der Waals surface area contributed by atoms with Crippen LogP contribution in [0.5, 0.6) is 0 Å². The van der Waals surface area contributed by atoms with Gasteiger partial charge in [-0.15, -0.1) is 0 Å². The van der Waals surface area contributed by atoms with Crippen molar-refractivity contribution in [1.29, 1.82) is 0 Å². The molecular weight excluding hydrogens is 228 g/mol. The lowest BCUT2D eigenvalue weighted by Crippen LogP contribution is -2.36. The van der Waals surface area contributed by atoms with Crippen LogP contribution in [-0.2, 0) is 11.2 Å². The highest BCUT2D eigenvalue weighted by Gasteiger charge is 1.98. The smallest absolute Gasteiger partial charge is 0.210 e. The summed E-state index contributed by atoms with van der Waals surface area (Å²) in [4.78, 5) is 4.32. The standard InChI is InChI=1S/C13H22N4O/c1-3-11-6-4-7-12(10-11)16-13(17-14)15-8-5-9-18-2/h4,6-7,10H,3,5,8-9,14H2,1-2H3,(H2,15,16,17). The van der Waals surface area contributed by atoms with Crippen molar-refractivity contribution in [1.82, 2.24) is 5.43 Å². The number of guanidine groups is 1. The van der Waals surface area contributed by atoms with Crippen molar-refractivity contribution in [3.8, 4) is 0 Å². The van der Waals surface area contributed by atoms with Crippen molar-refractivity contribution in [3.05, 3.63) is 29.8 Å². The van der Waals surface area contributed by atoms with E-state index < -0.39 is 0 Å². The van der Waals surface area contributed by atoms with Crippen molar-refractivity contribution >= 4 is 11.6 Å². The molecule has 0 radical (unpaired) electrons. The molecule has 0 aliphatic heterocycles. The normalized spacial score (nSPS) is 11.4. The zero-order valence-corrected chi connectivity index (χ0v) is 11.1. The number of aryl methyl sites for hydroxylation is 1. The Bertz CT molecular complexity index is 379. The van der Waals surface area contributed by atoms with Gasteiger partial charge in [-0.25, -0.2) is 5.84 Å². The zero-order valence-electron chi connectivity index (χ0n) is 11.1. The lowest BCUT2D eigenvalue weighted by atomic mass is 10.1. The number of aliphatic imine (C=N–C) groups is 1. The zero-order chi connectivity index (χ0) is 13.2. The Morgan fingerprint density at radius 1 is 1.44 bits per heavy atom. The number of benzene rings is 1. The van der Waals surface area contributed by atoms with Crippen LogP contribution in [0.15, 0.2) is 29.3 Å². The van der Waals surface area contributed by atoms with Crippen LogP contribution in [0, 0.1) is 0 Å². The number of nitrogens with two attached hydrogens (primary N) is 1. The van der Waals surface area contributed by atoms with Crippen molar-refractivity contribution in [2.45, 2.75) is 19.8 Å². The predicted molar refractivity (Wildman–Crippen MR) is 75.6 cm³/mol. The summed E-state index contributed by atoms with van der Waals surface area (Å²) in [5.74, 6) is 6.00. The number of rotatable bonds is 6. The maximum absolute atomic E-state index is 5.43. The van der Waals surface area contributed by atoms with Gasteiger partial charge in [0.15, 0.2) is 0 Å². The fourth-order valence-corrected chi connectivity index (χ4v) is 1.53. The lowest BCUT2D eigenvalue weighted by Gasteiger charge is -2.10. The number of hydrazine groups is 1. The van der Waals surface area contributed by atoms with Gasteiger partial charge < -0.3 is 10.1 Å². The largest absolute Gasteiger partial charge is 0.385 e. The SMILES string of the molecule is CCc1cccc(NC(=NCCCOC)NN)c1. The molecule has 0 fully saturated rings. The molecular formula is C13H22N4O. The molecule has 1 aromatic rings. The van der Waals surface area contributed by atoms with Gasteiger partial charge in [-0.3, -0.25) is 10.4 Å². The Balaban J connectivity index is 2.55. The Kier molecular flexibility index (Phi) is 6.83. The van der Waals surface area contributed by atoms with E-state index in [0.717, 1.165) is 18.5 Å². The van der Waals surface area contributed by atoms with Crippen LogP contribution in [0.2, 0.25) is 0 Å². The maximum atomic E-state index is 5.43. The van der Waals surface area contributed by atoms with Gasteiger partial charge in [0.1, 0.15) is 0 Å². The second kappa shape index (κ2) is 8.49. The van der Waals surface area contributed by atoms with Crippen LogP contribution < -0.4 is 16.6 Å². The number of ether oxygens (including phenoxy) is 1. The van der Waals surface area contributed by atoms with E-state index in [0.29, 0.717) is 19.1 Å². The highest BCUT2D eigenvalue weighted by atomic mass is 16.5. The molecule has 0 aliphatic rings. The number of hydrogen-bond acceptors (Lipinski definition) is 3. The third-order valence-corrected chi connectivity index (χ3v) is 2.51. The minimum absolute atomic E-state index is 0.569. The Morgan fingerprint density at radius 2 is 2.28 bits per heavy atom. The van der Waals surface area contributed by atoms with Crippen LogP contribution in [0.1, 0.15) is 18.9 Å². The second-order valence-corrected chi connectivity index (χ2v) is 3.90. The highest BCUT2D eigenvalue weighted by molar-refractivity contribution is 5.93. The van der Waals surface area contributed by atoms with Crippen LogP contribution in [0.3, 0.4) is 0 Å². The third-order valence-electron chi connectivity index (χ3n) is 2.51. The summed E-state index contributed by atoms with van der Waals surface area (Å²) in [6.45, 7) is 3.50. The summed E-state index contributed by atoms with van der Waals surface area (Å²) in [6.07, 6.45) is 1.88. The van der Waals surface area contributed by atoms with Crippen LogP contribution in [-0.4, -0.2) is 26.2 Å². The number of nitrogens with one attached hydrogen (secondary N) is 2. The molecule has 0 aromatic heterocycles. The Hall–Kier alpha value is -1.59. The summed E-state index contributed by atoms with van der Waals surface area (Å²) in [5, 5.41) is 3.15. The van der Waals surface area contributed by atoms with E-state index in [9.17, 15) is 0 Å². The summed E-state index contributed by atoms with van der Waals surface area (Å²) < 4.78 is 4.96. The molecule has 1 aromatic carbocycles. The van der Waals surface area contributed by atoms with Gasteiger partial charge in [0, 0.05) is 25.9 Å². The molecule has 0 spiro atoms. The van der Waals surface area contributed by atoms with Gasteiger partial charge in [-0.2, -0.15) is 0 Å². The molecule has 0 saturated carbocycles. The number of hydrogen-bond donors (Lipinski definition) is 3. The Morgan fingerprint density at radius 3 is 2.94 bits per heavy atom. The third kappa shape index (κ3) is 5.16. The molecule has 1 rings (SSSR count). The highest BCUT2D eigenvalue weighted by Crippen LogP contribution is 2.10. The number of methoxy groups -OCH3 is 1. The molecule has 0 unspecified atom stereocenters. The van der Waals surface area contributed by atoms with Gasteiger partial charge in [-0.05, 0) is 30.5 Å². The molecule has 18 heavy (non-hydrogen) atoms. The lowest BCUT2D eigenvalue weighted by molar-refractivity contribution is 0.197. The minimum Gasteiger partial charge on any atom is -0.385 e. The van der Waals surface area contributed by atoms with Gasteiger partial charge in [0.25, 0.3) is 0 Å². The molecule has 4 N–H and O–H groups in total. The van der Waals surface area contributed by atoms with E-state index in [-0.39, 0.29) is 0 Å². The van der Waals surface area contributed by atoms with E-state index >= 15 is 0 Å². The molecule has 100 valence electrons. The van der Waals surface area contributed by atoms with E-state index in [1.54, 1.807) is 7.11 Å². The van der Waals surface area contributed by atoms with Gasteiger partial charge >= 0.3 is 0 Å². The molecule has 5 heteroatoms. The van der Waals surface area contributed by atoms with Crippen molar-refractivity contribution in [3.63, 3.8) is 0 Å². The first-order valence-electron chi connectivity index (χ1n) is 6.16. The average Bonchev–Trinajstić information content (AvgIpc) is 2.42. The summed E-state index contributed by atoms with van der Waals surface area (Å²) in [5.41, 5.74) is 4.82. The van der Waals surface area contributed by atoms with Crippen molar-refractivity contribution in [2.75, 3.05) is 25.6 Å². The predicted octanol–water partition coefficient (Wildman–Crippen LogP) is 1.52. The summed E-state index contributed by atoms with van der Waals surface area (Å²) >= 11 is 0. The van der Waals surface area contributed by atoms with Crippen molar-refractivity contribution in [2.24, 2.45) is 10.8 Å². The molecule has 0 amide bonds. The fourth-order valence-electron chi connectivity index (χ4n) is 1.53. The quantitative estimate of drug-likeness (QED) is 0.235. The van der Waals surface area contributed by atoms with E-state index in [2.05, 4.69) is 34.8 Å². The molecule has 0 bridgehead atoms. The van der Waals surface area contributed by atoms with Crippen molar-refractivity contribution < 1.29 is 4.74 Å². The molecule has 0 heterocycles. The van der Waals surface area contributed by atoms with Crippen LogP contribution in [0.25, 0.3) is 0 Å². The fraction of sp³-hybridized carbons (Fsp3) is 0.462. The average molecular weight is 250 g/mol. The first-order valence-corrected chi connectivity index (χ1v) is 6.16. The van der Waals surface area contributed by atoms with Gasteiger partial charge in [0.2, 0.25) is 5.96 Å². The first-order chi connectivity index (χ1) is 8.80. The molecule has 0 atom stereocenters. The van der Waals surface area contributed by atoms with E-state index in [1.165, 1.54) is 5.56 Å². The maximum Gasteiger partial charge on any atom is 0.210 e. The molecule has 0 aliphatic carbocycles. The minimum atomic E-state index is 0.569. The topological polar surface area (TPSA) is 71.7 Å². The van der Waals surface area contributed by atoms with E-state index in [4.69, 9.17) is 10.6 Å². The number of anilines is 1. The monoisotopic (exact) mass is 250 g/mol.